The molecule has 2 aromatic heterocycles. The number of hydrogen-bond acceptors (Lipinski definition) is 5. The highest BCUT2D eigenvalue weighted by Gasteiger charge is 2.20. The molecular formula is C19H23N3O2S. The number of carbonyl (C=O) groups is 1. The first-order chi connectivity index (χ1) is 12.2. The first kappa shape index (κ1) is 17.6. The van der Waals surface area contributed by atoms with Gasteiger partial charge in [-0.15, -0.1) is 0 Å². The van der Waals surface area contributed by atoms with E-state index in [-0.39, 0.29) is 0 Å². The van der Waals surface area contributed by atoms with E-state index in [1.807, 2.05) is 24.3 Å². The second-order valence-electron chi connectivity index (χ2n) is 5.98. The Morgan fingerprint density at radius 3 is 2.52 bits per heavy atom. The van der Waals surface area contributed by atoms with Gasteiger partial charge >= 0.3 is 0 Å². The lowest BCUT2D eigenvalue weighted by atomic mass is 10.1. The lowest BCUT2D eigenvalue weighted by molar-refractivity contribution is 0.111. The topological polar surface area (TPSA) is 56.5 Å². The van der Waals surface area contributed by atoms with Gasteiger partial charge in [-0.1, -0.05) is 32.1 Å². The summed E-state index contributed by atoms with van der Waals surface area (Å²) in [5, 5.41) is 5.69. The Hall–Kier alpha value is -2.21. The Morgan fingerprint density at radius 2 is 1.92 bits per heavy atom. The molecule has 0 fully saturated rings. The number of ether oxygens (including phenoxy) is 1. The Balaban J connectivity index is 1.96. The summed E-state index contributed by atoms with van der Waals surface area (Å²) >= 11 is 1.57. The molecule has 0 aliphatic carbocycles. The number of fused-ring (bicyclic) bond motifs is 1. The van der Waals surface area contributed by atoms with Crippen molar-refractivity contribution in [1.29, 1.82) is 0 Å². The van der Waals surface area contributed by atoms with Gasteiger partial charge in [0.25, 0.3) is 0 Å². The van der Waals surface area contributed by atoms with Crippen molar-refractivity contribution in [2.24, 2.45) is 0 Å². The molecule has 0 spiro atoms. The minimum Gasteiger partial charge on any atom is -0.494 e. The summed E-state index contributed by atoms with van der Waals surface area (Å²) in [6.07, 6.45) is 3.89. The molecule has 0 radical (unpaired) electrons. The Bertz CT molecular complexity index is 848. The standard InChI is InChI=1S/C19H23N3O2S/c1-4-11-24-15-9-7-14(8-10-15)17-16(12-23)22-19(20-17)25-18(21-22)13(5-2)6-3/h7-10,12-13H,4-6,11H2,1-3H3. The molecule has 3 rings (SSSR count). The quantitative estimate of drug-likeness (QED) is 0.535. The summed E-state index contributed by atoms with van der Waals surface area (Å²) in [5.41, 5.74) is 2.07. The lowest BCUT2D eigenvalue weighted by Crippen LogP contribution is -1.99. The van der Waals surface area contributed by atoms with Gasteiger partial charge in [0.15, 0.2) is 6.29 Å². The van der Waals surface area contributed by atoms with E-state index in [4.69, 9.17) is 4.74 Å². The van der Waals surface area contributed by atoms with E-state index < -0.39 is 0 Å². The summed E-state index contributed by atoms with van der Waals surface area (Å²) in [7, 11) is 0. The fraction of sp³-hybridized carbons (Fsp3) is 0.421. The molecule has 0 atom stereocenters. The maximum absolute atomic E-state index is 11.7. The highest BCUT2D eigenvalue weighted by Crippen LogP contribution is 2.31. The number of nitrogens with zero attached hydrogens (tertiary/aromatic N) is 3. The van der Waals surface area contributed by atoms with E-state index in [9.17, 15) is 4.79 Å². The van der Waals surface area contributed by atoms with Gasteiger partial charge in [0.1, 0.15) is 22.1 Å². The Kier molecular flexibility index (Phi) is 5.48. The van der Waals surface area contributed by atoms with Gasteiger partial charge in [-0.25, -0.2) is 4.98 Å². The van der Waals surface area contributed by atoms with Crippen molar-refractivity contribution in [3.8, 4) is 17.0 Å². The van der Waals surface area contributed by atoms with Crippen LogP contribution >= 0.6 is 11.3 Å². The molecule has 0 aliphatic heterocycles. The zero-order valence-corrected chi connectivity index (χ0v) is 15.7. The molecule has 0 aliphatic rings. The van der Waals surface area contributed by atoms with Gasteiger partial charge in [0.2, 0.25) is 4.96 Å². The van der Waals surface area contributed by atoms with Gasteiger partial charge in [0, 0.05) is 11.5 Å². The Morgan fingerprint density at radius 1 is 1.20 bits per heavy atom. The van der Waals surface area contributed by atoms with E-state index >= 15 is 0 Å². The van der Waals surface area contributed by atoms with Crippen LogP contribution in [0.4, 0.5) is 0 Å². The number of rotatable bonds is 8. The molecule has 2 heterocycles. The van der Waals surface area contributed by atoms with Crippen molar-refractivity contribution in [3.63, 3.8) is 0 Å². The second-order valence-corrected chi connectivity index (χ2v) is 6.97. The third kappa shape index (κ3) is 3.44. The molecule has 1 aromatic carbocycles. The van der Waals surface area contributed by atoms with E-state index in [1.165, 1.54) is 0 Å². The molecule has 0 saturated heterocycles. The minimum absolute atomic E-state index is 0.421. The van der Waals surface area contributed by atoms with Gasteiger partial charge in [-0.3, -0.25) is 4.79 Å². The van der Waals surface area contributed by atoms with Gasteiger partial charge < -0.3 is 4.74 Å². The van der Waals surface area contributed by atoms with Crippen molar-refractivity contribution in [1.82, 2.24) is 14.6 Å². The zero-order valence-electron chi connectivity index (χ0n) is 14.9. The third-order valence-corrected chi connectivity index (χ3v) is 5.37. The summed E-state index contributed by atoms with van der Waals surface area (Å²) in [6, 6.07) is 7.70. The van der Waals surface area contributed by atoms with Crippen molar-refractivity contribution in [3.05, 3.63) is 35.0 Å². The fourth-order valence-corrected chi connectivity index (χ4v) is 4.00. The predicted molar refractivity (Wildman–Crippen MR) is 101 cm³/mol. The average Bonchev–Trinajstić information content (AvgIpc) is 3.19. The second kappa shape index (κ2) is 7.78. The van der Waals surface area contributed by atoms with Crippen LogP contribution in [0.2, 0.25) is 0 Å². The third-order valence-electron chi connectivity index (χ3n) is 4.30. The molecule has 5 nitrogen and oxygen atoms in total. The average molecular weight is 357 g/mol. The minimum atomic E-state index is 0.421. The largest absolute Gasteiger partial charge is 0.494 e. The van der Waals surface area contributed by atoms with Crippen LogP contribution in [0, 0.1) is 0 Å². The maximum atomic E-state index is 11.7. The summed E-state index contributed by atoms with van der Waals surface area (Å²) in [6.45, 7) is 7.09. The molecule has 3 aromatic rings. The van der Waals surface area contributed by atoms with Crippen molar-refractivity contribution < 1.29 is 9.53 Å². The van der Waals surface area contributed by atoms with Crippen LogP contribution in [0.25, 0.3) is 16.2 Å². The number of benzene rings is 1. The normalized spacial score (nSPS) is 11.4. The smallest absolute Gasteiger partial charge is 0.213 e. The number of hydrogen-bond donors (Lipinski definition) is 0. The van der Waals surface area contributed by atoms with E-state index in [0.29, 0.717) is 23.9 Å². The van der Waals surface area contributed by atoms with Crippen molar-refractivity contribution in [2.45, 2.75) is 46.0 Å². The monoisotopic (exact) mass is 357 g/mol. The molecule has 25 heavy (non-hydrogen) atoms. The first-order valence-corrected chi connectivity index (χ1v) is 9.61. The molecule has 0 bridgehead atoms. The fourth-order valence-electron chi connectivity index (χ4n) is 2.83. The van der Waals surface area contributed by atoms with E-state index in [0.717, 1.165) is 46.8 Å². The SMILES string of the molecule is CCCOc1ccc(-c2nc3sc(C(CC)CC)nn3c2C=O)cc1. The van der Waals surface area contributed by atoms with Crippen LogP contribution < -0.4 is 4.74 Å². The summed E-state index contributed by atoms with van der Waals surface area (Å²) in [4.78, 5) is 17.1. The highest BCUT2D eigenvalue weighted by atomic mass is 32.1. The molecule has 0 amide bonds. The lowest BCUT2D eigenvalue weighted by Gasteiger charge is -2.06. The number of carbonyl (C=O) groups excluding carboxylic acids is 1. The van der Waals surface area contributed by atoms with Crippen molar-refractivity contribution >= 4 is 22.6 Å². The Labute approximate surface area is 151 Å². The van der Waals surface area contributed by atoms with Crippen LogP contribution in [0.1, 0.15) is 61.4 Å². The molecule has 6 heteroatoms. The van der Waals surface area contributed by atoms with Crippen LogP contribution in [-0.4, -0.2) is 27.5 Å². The first-order valence-electron chi connectivity index (χ1n) is 8.79. The maximum Gasteiger partial charge on any atom is 0.213 e. The number of imidazole rings is 1. The van der Waals surface area contributed by atoms with Gasteiger partial charge in [-0.2, -0.15) is 9.61 Å². The van der Waals surface area contributed by atoms with Crippen LogP contribution in [-0.2, 0) is 0 Å². The molecule has 0 N–H and O–H groups in total. The van der Waals surface area contributed by atoms with Gasteiger partial charge in [0.05, 0.1) is 6.61 Å². The summed E-state index contributed by atoms with van der Waals surface area (Å²) < 4.78 is 7.29. The van der Waals surface area contributed by atoms with E-state index in [2.05, 4.69) is 30.9 Å². The number of aromatic nitrogens is 3. The zero-order chi connectivity index (χ0) is 17.8. The predicted octanol–water partition coefficient (Wildman–Crippen LogP) is 4.96. The van der Waals surface area contributed by atoms with Crippen molar-refractivity contribution in [2.75, 3.05) is 6.61 Å². The summed E-state index contributed by atoms with van der Waals surface area (Å²) in [5.74, 6) is 1.25. The molecule has 132 valence electrons. The molecular weight excluding hydrogens is 334 g/mol. The molecule has 0 saturated carbocycles. The van der Waals surface area contributed by atoms with Gasteiger partial charge in [-0.05, 0) is 43.5 Å². The van der Waals surface area contributed by atoms with E-state index in [1.54, 1.807) is 15.9 Å². The molecule has 0 unspecified atom stereocenters. The van der Waals surface area contributed by atoms with Crippen LogP contribution in [0.3, 0.4) is 0 Å². The highest BCUT2D eigenvalue weighted by molar-refractivity contribution is 7.16. The number of aldehydes is 1. The van der Waals surface area contributed by atoms with Crippen LogP contribution in [0.5, 0.6) is 5.75 Å². The van der Waals surface area contributed by atoms with Crippen LogP contribution in [0.15, 0.2) is 24.3 Å².